The third kappa shape index (κ3) is 2.79. The van der Waals surface area contributed by atoms with Gasteiger partial charge in [0.1, 0.15) is 5.82 Å². The molecule has 1 aromatic carbocycles. The maximum absolute atomic E-state index is 14.2. The lowest BCUT2D eigenvalue weighted by atomic mass is 9.99. The summed E-state index contributed by atoms with van der Waals surface area (Å²) in [6.07, 6.45) is 3.91. The van der Waals surface area contributed by atoms with Crippen molar-refractivity contribution in [3.63, 3.8) is 0 Å². The molecule has 0 aliphatic carbocycles. The second kappa shape index (κ2) is 5.80. The molecule has 0 bridgehead atoms. The lowest BCUT2D eigenvalue weighted by molar-refractivity contribution is 0.133. The third-order valence-electron chi connectivity index (χ3n) is 4.34. The highest BCUT2D eigenvalue weighted by Crippen LogP contribution is 2.27. The van der Waals surface area contributed by atoms with Crippen LogP contribution in [0.5, 0.6) is 0 Å². The molecule has 2 nitrogen and oxygen atoms in total. The summed E-state index contributed by atoms with van der Waals surface area (Å²) >= 11 is 3.37. The van der Waals surface area contributed by atoms with Crippen LogP contribution < -0.4 is 4.90 Å². The van der Waals surface area contributed by atoms with Gasteiger partial charge in [0.25, 0.3) is 0 Å². The van der Waals surface area contributed by atoms with Gasteiger partial charge >= 0.3 is 0 Å². The molecular weight excluding hydrogens is 307 g/mol. The molecule has 2 heterocycles. The molecule has 1 atom stereocenters. The van der Waals surface area contributed by atoms with Crippen LogP contribution in [0.2, 0.25) is 0 Å². The van der Waals surface area contributed by atoms with Gasteiger partial charge in [-0.25, -0.2) is 4.39 Å². The second-order valence-corrected chi connectivity index (χ2v) is 6.11. The van der Waals surface area contributed by atoms with Crippen LogP contribution in [-0.4, -0.2) is 37.1 Å². The molecule has 3 rings (SSSR count). The lowest BCUT2D eigenvalue weighted by Crippen LogP contribution is -2.55. The van der Waals surface area contributed by atoms with Gasteiger partial charge in [0, 0.05) is 31.0 Å². The molecule has 19 heavy (non-hydrogen) atoms. The number of alkyl halides is 1. The van der Waals surface area contributed by atoms with Crippen molar-refractivity contribution in [1.29, 1.82) is 0 Å². The number of rotatable bonds is 2. The minimum atomic E-state index is -0.0822. The average molecular weight is 327 g/mol. The Bertz CT molecular complexity index is 452. The summed E-state index contributed by atoms with van der Waals surface area (Å²) in [5.74, 6) is -0.0822. The number of anilines is 1. The molecule has 1 unspecified atom stereocenters. The van der Waals surface area contributed by atoms with Crippen molar-refractivity contribution in [3.8, 4) is 0 Å². The number of fused-ring (bicyclic) bond motifs is 1. The molecule has 0 saturated carbocycles. The van der Waals surface area contributed by atoms with Gasteiger partial charge in [-0.3, -0.25) is 4.90 Å². The Morgan fingerprint density at radius 1 is 1.21 bits per heavy atom. The van der Waals surface area contributed by atoms with Crippen LogP contribution in [-0.2, 0) is 5.33 Å². The predicted octanol–water partition coefficient (Wildman–Crippen LogP) is 3.40. The summed E-state index contributed by atoms with van der Waals surface area (Å²) in [5, 5.41) is 0.709. The number of piperidine rings is 1. The number of hydrogen-bond acceptors (Lipinski definition) is 2. The van der Waals surface area contributed by atoms with Crippen LogP contribution in [0.1, 0.15) is 24.8 Å². The van der Waals surface area contributed by atoms with Crippen LogP contribution in [0.3, 0.4) is 0 Å². The molecule has 2 fully saturated rings. The first-order valence-corrected chi connectivity index (χ1v) is 8.23. The van der Waals surface area contributed by atoms with Crippen LogP contribution in [0.25, 0.3) is 0 Å². The molecule has 1 aromatic rings. The molecule has 0 N–H and O–H groups in total. The Labute approximate surface area is 122 Å². The maximum Gasteiger partial charge on any atom is 0.146 e. The third-order valence-corrected chi connectivity index (χ3v) is 4.99. The number of halogens is 2. The minimum Gasteiger partial charge on any atom is -0.366 e. The fraction of sp³-hybridized carbons (Fsp3) is 0.600. The van der Waals surface area contributed by atoms with E-state index in [2.05, 4.69) is 25.7 Å². The number of piperazine rings is 1. The van der Waals surface area contributed by atoms with Crippen LogP contribution in [0.15, 0.2) is 18.2 Å². The van der Waals surface area contributed by atoms with E-state index in [-0.39, 0.29) is 5.82 Å². The summed E-state index contributed by atoms with van der Waals surface area (Å²) in [6, 6.07) is 6.22. The van der Waals surface area contributed by atoms with E-state index in [1.165, 1.54) is 25.8 Å². The van der Waals surface area contributed by atoms with E-state index >= 15 is 0 Å². The van der Waals surface area contributed by atoms with Crippen LogP contribution in [0.4, 0.5) is 10.1 Å². The highest BCUT2D eigenvalue weighted by molar-refractivity contribution is 9.08. The van der Waals surface area contributed by atoms with E-state index in [1.807, 2.05) is 12.1 Å². The van der Waals surface area contributed by atoms with Crippen molar-refractivity contribution in [2.45, 2.75) is 30.6 Å². The summed E-state index contributed by atoms with van der Waals surface area (Å²) in [7, 11) is 0. The second-order valence-electron chi connectivity index (χ2n) is 5.55. The fourth-order valence-electron chi connectivity index (χ4n) is 3.26. The van der Waals surface area contributed by atoms with Gasteiger partial charge in [-0.15, -0.1) is 0 Å². The highest BCUT2D eigenvalue weighted by Gasteiger charge is 2.29. The molecule has 0 radical (unpaired) electrons. The first-order valence-electron chi connectivity index (χ1n) is 7.11. The van der Waals surface area contributed by atoms with Gasteiger partial charge < -0.3 is 4.90 Å². The zero-order valence-electron chi connectivity index (χ0n) is 11.1. The van der Waals surface area contributed by atoms with Crippen molar-refractivity contribution in [1.82, 2.24) is 4.90 Å². The first-order chi connectivity index (χ1) is 9.28. The highest BCUT2D eigenvalue weighted by atomic mass is 79.9. The Morgan fingerprint density at radius 3 is 2.89 bits per heavy atom. The molecule has 2 saturated heterocycles. The molecule has 4 heteroatoms. The standard InChI is InChI=1S/C15H20BrFN2/c16-10-12-4-5-15(14(17)9-12)19-8-7-18-6-2-1-3-13(18)11-19/h4-5,9,13H,1-3,6-8,10-11H2. The molecule has 2 aliphatic rings. The van der Waals surface area contributed by atoms with Crippen LogP contribution in [0, 0.1) is 5.82 Å². The summed E-state index contributed by atoms with van der Waals surface area (Å²) < 4.78 is 14.2. The van der Waals surface area contributed by atoms with E-state index in [9.17, 15) is 4.39 Å². The van der Waals surface area contributed by atoms with Crippen molar-refractivity contribution in [2.75, 3.05) is 31.1 Å². The van der Waals surface area contributed by atoms with Gasteiger partial charge in [0.15, 0.2) is 0 Å². The lowest BCUT2D eigenvalue weighted by Gasteiger charge is -2.45. The van der Waals surface area contributed by atoms with Crippen molar-refractivity contribution >= 4 is 21.6 Å². The molecule has 104 valence electrons. The van der Waals surface area contributed by atoms with E-state index in [1.54, 1.807) is 6.07 Å². The van der Waals surface area contributed by atoms with E-state index in [0.717, 1.165) is 30.9 Å². The largest absolute Gasteiger partial charge is 0.366 e. The molecule has 0 amide bonds. The van der Waals surface area contributed by atoms with E-state index in [0.29, 0.717) is 11.4 Å². The van der Waals surface area contributed by atoms with Crippen LogP contribution >= 0.6 is 15.9 Å². The van der Waals surface area contributed by atoms with Crippen molar-refractivity contribution in [3.05, 3.63) is 29.6 Å². The summed E-state index contributed by atoms with van der Waals surface area (Å²) in [5.41, 5.74) is 1.77. The minimum absolute atomic E-state index is 0.0822. The molecule has 2 aliphatic heterocycles. The SMILES string of the molecule is Fc1cc(CBr)ccc1N1CCN2CCCCC2C1. The smallest absolute Gasteiger partial charge is 0.146 e. The van der Waals surface area contributed by atoms with E-state index < -0.39 is 0 Å². The maximum atomic E-state index is 14.2. The molecule has 0 spiro atoms. The van der Waals surface area contributed by atoms with Crippen molar-refractivity contribution in [2.24, 2.45) is 0 Å². The normalized spacial score (nSPS) is 24.3. The quantitative estimate of drug-likeness (QED) is 0.768. The average Bonchev–Trinajstić information content (AvgIpc) is 2.46. The summed E-state index contributed by atoms with van der Waals surface area (Å²) in [4.78, 5) is 4.80. The predicted molar refractivity (Wildman–Crippen MR) is 80.5 cm³/mol. The van der Waals surface area contributed by atoms with Gasteiger partial charge in [-0.1, -0.05) is 28.4 Å². The molecule has 0 aromatic heterocycles. The molecular formula is C15H20BrFN2. The van der Waals surface area contributed by atoms with Gasteiger partial charge in [0.05, 0.1) is 5.69 Å². The van der Waals surface area contributed by atoms with Crippen molar-refractivity contribution < 1.29 is 4.39 Å². The topological polar surface area (TPSA) is 6.48 Å². The Kier molecular flexibility index (Phi) is 4.08. The number of benzene rings is 1. The summed E-state index contributed by atoms with van der Waals surface area (Å²) in [6.45, 7) is 4.22. The van der Waals surface area contributed by atoms with Gasteiger partial charge in [0.2, 0.25) is 0 Å². The monoisotopic (exact) mass is 326 g/mol. The Morgan fingerprint density at radius 2 is 2.11 bits per heavy atom. The number of nitrogens with zero attached hydrogens (tertiary/aromatic N) is 2. The first kappa shape index (κ1) is 13.4. The zero-order chi connectivity index (χ0) is 13.2. The van der Waals surface area contributed by atoms with Gasteiger partial charge in [-0.2, -0.15) is 0 Å². The van der Waals surface area contributed by atoms with E-state index in [4.69, 9.17) is 0 Å². The Hall–Kier alpha value is -0.610. The Balaban J connectivity index is 1.75. The number of hydrogen-bond donors (Lipinski definition) is 0. The fourth-order valence-corrected chi connectivity index (χ4v) is 3.61. The van der Waals surface area contributed by atoms with Gasteiger partial charge in [-0.05, 0) is 37.1 Å². The zero-order valence-corrected chi connectivity index (χ0v) is 12.7.